The van der Waals surface area contributed by atoms with Crippen molar-refractivity contribution in [1.82, 2.24) is 0 Å². The predicted octanol–water partition coefficient (Wildman–Crippen LogP) is 1.13. The second-order valence-corrected chi connectivity index (χ2v) is 3.94. The molecule has 0 aromatic rings. The van der Waals surface area contributed by atoms with Gasteiger partial charge in [0.15, 0.2) is 6.61 Å². The molecule has 0 aliphatic rings. The summed E-state index contributed by atoms with van der Waals surface area (Å²) in [7, 11) is -1.29. The molecule has 0 amide bonds. The van der Waals surface area contributed by atoms with Crippen molar-refractivity contribution in [3.8, 4) is 0 Å². The first-order valence-electron chi connectivity index (χ1n) is 3.70. The third-order valence-electron chi connectivity index (χ3n) is 1.15. The molecule has 0 aromatic carbocycles. The summed E-state index contributed by atoms with van der Waals surface area (Å²) in [6.45, 7) is 2.93. The molecule has 0 fully saturated rings. The lowest BCUT2D eigenvalue weighted by Crippen LogP contribution is -2.12. The fourth-order valence-corrected chi connectivity index (χ4v) is 1.13. The number of hydrogen-bond acceptors (Lipinski definition) is 6. The number of carbonyl (C=O) groups excluding carboxylic acids is 1. The van der Waals surface area contributed by atoms with Gasteiger partial charge in [-0.2, -0.15) is 0 Å². The highest BCUT2D eigenvalue weighted by molar-refractivity contribution is 7.48. The van der Waals surface area contributed by atoms with E-state index in [1.807, 2.05) is 0 Å². The molecule has 0 aliphatic heterocycles. The summed E-state index contributed by atoms with van der Waals surface area (Å²) >= 11 is 0. The Bertz CT molecular complexity index is 230. The van der Waals surface area contributed by atoms with Gasteiger partial charge in [-0.1, -0.05) is 12.7 Å². The van der Waals surface area contributed by atoms with Gasteiger partial charge in [-0.15, -0.1) is 0 Å². The van der Waals surface area contributed by atoms with E-state index in [-0.39, 0.29) is 6.61 Å². The first kappa shape index (κ1) is 13.3. The number of rotatable bonds is 7. The molecular weight excluding hydrogens is 211 g/mol. The lowest BCUT2D eigenvalue weighted by Gasteiger charge is -2.12. The Hall–Kier alpha value is -0.680. The molecule has 0 heterocycles. The molecule has 0 saturated heterocycles. The van der Waals surface area contributed by atoms with Crippen LogP contribution in [0.25, 0.3) is 0 Å². The molecule has 14 heavy (non-hydrogen) atoms. The number of carbonyl (C=O) groups is 1. The highest BCUT2D eigenvalue weighted by atomic mass is 31.2. The summed E-state index contributed by atoms with van der Waals surface area (Å²) in [5, 5.41) is 0. The number of ether oxygens (including phenoxy) is 1. The molecule has 6 nitrogen and oxygen atoms in total. The van der Waals surface area contributed by atoms with E-state index in [9.17, 15) is 9.36 Å². The van der Waals surface area contributed by atoms with Crippen molar-refractivity contribution in [2.75, 3.05) is 27.4 Å². The minimum atomic E-state index is -3.59. The molecule has 0 radical (unpaired) electrons. The first-order valence-corrected chi connectivity index (χ1v) is 5.16. The van der Waals surface area contributed by atoms with E-state index in [4.69, 9.17) is 0 Å². The summed E-state index contributed by atoms with van der Waals surface area (Å²) in [5.41, 5.74) is 0. The van der Waals surface area contributed by atoms with Gasteiger partial charge < -0.3 is 4.74 Å². The zero-order valence-corrected chi connectivity index (χ0v) is 8.99. The summed E-state index contributed by atoms with van der Waals surface area (Å²) in [4.78, 5) is 10.9. The zero-order chi connectivity index (χ0) is 11.0. The van der Waals surface area contributed by atoms with Crippen molar-refractivity contribution in [2.45, 2.75) is 0 Å². The van der Waals surface area contributed by atoms with Crippen LogP contribution in [0.1, 0.15) is 0 Å². The van der Waals surface area contributed by atoms with Gasteiger partial charge in [-0.25, -0.2) is 9.36 Å². The predicted molar refractivity (Wildman–Crippen MR) is 48.7 cm³/mol. The topological polar surface area (TPSA) is 71.1 Å². The van der Waals surface area contributed by atoms with Crippen molar-refractivity contribution in [3.63, 3.8) is 0 Å². The molecule has 82 valence electrons. The lowest BCUT2D eigenvalue weighted by molar-refractivity contribution is -0.145. The van der Waals surface area contributed by atoms with Crippen LogP contribution in [0.4, 0.5) is 0 Å². The van der Waals surface area contributed by atoms with Crippen LogP contribution in [0.5, 0.6) is 0 Å². The van der Waals surface area contributed by atoms with Crippen LogP contribution < -0.4 is 0 Å². The smallest absolute Gasteiger partial charge is 0.460 e. The number of phosphoric acid groups is 1. The van der Waals surface area contributed by atoms with Gasteiger partial charge in [0.25, 0.3) is 0 Å². The number of hydrogen-bond donors (Lipinski definition) is 0. The van der Waals surface area contributed by atoms with Crippen LogP contribution in [0.3, 0.4) is 0 Å². The second-order valence-electron chi connectivity index (χ2n) is 2.06. The average molecular weight is 224 g/mol. The van der Waals surface area contributed by atoms with Crippen LogP contribution in [-0.2, 0) is 27.7 Å². The van der Waals surface area contributed by atoms with Gasteiger partial charge in [0.2, 0.25) is 0 Å². The van der Waals surface area contributed by atoms with Crippen LogP contribution in [-0.4, -0.2) is 33.4 Å². The van der Waals surface area contributed by atoms with E-state index in [0.29, 0.717) is 0 Å². The minimum absolute atomic E-state index is 0.0759. The maximum atomic E-state index is 11.2. The molecule has 0 aliphatic carbocycles. The summed E-state index contributed by atoms with van der Waals surface area (Å²) in [6.07, 6.45) is 1.41. The van der Waals surface area contributed by atoms with Gasteiger partial charge in [0, 0.05) is 14.2 Å². The average Bonchev–Trinajstić information content (AvgIpc) is 2.23. The van der Waals surface area contributed by atoms with Gasteiger partial charge in [0.1, 0.15) is 6.61 Å². The highest BCUT2D eigenvalue weighted by Crippen LogP contribution is 2.47. The van der Waals surface area contributed by atoms with Crippen LogP contribution >= 0.6 is 7.82 Å². The number of esters is 1. The SMILES string of the molecule is C=CCOC(=O)COP(=O)(OC)OC. The van der Waals surface area contributed by atoms with Crippen LogP contribution in [0, 0.1) is 0 Å². The van der Waals surface area contributed by atoms with Gasteiger partial charge in [-0.05, 0) is 0 Å². The summed E-state index contributed by atoms with van der Waals surface area (Å²) in [6, 6.07) is 0. The molecule has 0 unspecified atom stereocenters. The van der Waals surface area contributed by atoms with Crippen molar-refractivity contribution >= 4 is 13.8 Å². The second kappa shape index (κ2) is 6.73. The Morgan fingerprint density at radius 3 is 2.43 bits per heavy atom. The maximum absolute atomic E-state index is 11.2. The third kappa shape index (κ3) is 5.14. The summed E-state index contributed by atoms with van der Waals surface area (Å²) in [5.74, 6) is -0.667. The van der Waals surface area contributed by atoms with Crippen molar-refractivity contribution in [2.24, 2.45) is 0 Å². The quantitative estimate of drug-likeness (QED) is 0.366. The molecular formula is C7H13O6P. The molecule has 0 saturated carbocycles. The summed E-state index contributed by atoms with van der Waals surface area (Å²) < 4.78 is 29.2. The Morgan fingerprint density at radius 2 is 2.00 bits per heavy atom. The molecule has 0 atom stereocenters. The standard InChI is InChI=1S/C7H13O6P/c1-4-5-12-7(8)6-13-14(9,10-2)11-3/h4H,1,5-6H2,2-3H3. The van der Waals surface area contributed by atoms with Crippen molar-refractivity contribution in [1.29, 1.82) is 0 Å². The Morgan fingerprint density at radius 1 is 1.43 bits per heavy atom. The van der Waals surface area contributed by atoms with Crippen LogP contribution in [0.2, 0.25) is 0 Å². The lowest BCUT2D eigenvalue weighted by atomic mass is 10.7. The highest BCUT2D eigenvalue weighted by Gasteiger charge is 2.24. The number of phosphoric ester groups is 1. The van der Waals surface area contributed by atoms with E-state index in [1.165, 1.54) is 6.08 Å². The van der Waals surface area contributed by atoms with Crippen molar-refractivity contribution in [3.05, 3.63) is 12.7 Å². The Balaban J connectivity index is 3.86. The third-order valence-corrected chi connectivity index (χ3v) is 2.49. The normalized spacial score (nSPS) is 11.0. The molecule has 0 spiro atoms. The molecule has 0 aromatic heterocycles. The Labute approximate surface area is 82.4 Å². The minimum Gasteiger partial charge on any atom is -0.460 e. The van der Waals surface area contributed by atoms with E-state index in [2.05, 4.69) is 24.9 Å². The molecule has 0 rings (SSSR count). The van der Waals surface area contributed by atoms with Crippen molar-refractivity contribution < 1.29 is 27.7 Å². The van der Waals surface area contributed by atoms with Gasteiger partial charge in [-0.3, -0.25) is 13.6 Å². The largest absolute Gasteiger partial charge is 0.474 e. The fourth-order valence-electron chi connectivity index (χ4n) is 0.505. The molecule has 0 N–H and O–H groups in total. The monoisotopic (exact) mass is 224 g/mol. The van der Waals surface area contributed by atoms with E-state index in [0.717, 1.165) is 14.2 Å². The molecule has 7 heteroatoms. The van der Waals surface area contributed by atoms with Gasteiger partial charge in [0.05, 0.1) is 0 Å². The Kier molecular flexibility index (Phi) is 6.40. The van der Waals surface area contributed by atoms with E-state index < -0.39 is 20.4 Å². The van der Waals surface area contributed by atoms with Gasteiger partial charge >= 0.3 is 13.8 Å². The van der Waals surface area contributed by atoms with Crippen LogP contribution in [0.15, 0.2) is 12.7 Å². The molecule has 0 bridgehead atoms. The first-order chi connectivity index (χ1) is 6.58. The maximum Gasteiger partial charge on any atom is 0.474 e. The van der Waals surface area contributed by atoms with E-state index >= 15 is 0 Å². The van der Waals surface area contributed by atoms with E-state index in [1.54, 1.807) is 0 Å². The zero-order valence-electron chi connectivity index (χ0n) is 8.10. The fraction of sp³-hybridized carbons (Fsp3) is 0.571.